The lowest BCUT2D eigenvalue weighted by atomic mass is 10.0. The molecule has 0 rings (SSSR count). The van der Waals surface area contributed by atoms with E-state index in [1.165, 1.54) is 70.6 Å². The highest BCUT2D eigenvalue weighted by atomic mass is 16.5. The van der Waals surface area contributed by atoms with Gasteiger partial charge in [0.1, 0.15) is 6.10 Å². The second-order valence-electron chi connectivity index (χ2n) is 9.24. The van der Waals surface area contributed by atoms with Crippen LogP contribution in [0.5, 0.6) is 0 Å². The van der Waals surface area contributed by atoms with E-state index in [9.17, 15) is 9.59 Å². The fourth-order valence-corrected chi connectivity index (χ4v) is 4.06. The summed E-state index contributed by atoms with van der Waals surface area (Å²) in [6, 6.07) is 0. The van der Waals surface area contributed by atoms with E-state index in [0.717, 1.165) is 57.8 Å². The number of ether oxygens (including phenoxy) is 1. The van der Waals surface area contributed by atoms with Crippen molar-refractivity contribution in [3.05, 3.63) is 0 Å². The van der Waals surface area contributed by atoms with Gasteiger partial charge >= 0.3 is 11.9 Å². The molecule has 1 N–H and O–H groups in total. The average molecular weight is 441 g/mol. The molecule has 0 aromatic heterocycles. The summed E-state index contributed by atoms with van der Waals surface area (Å²) in [5, 5.41) is 8.73. The van der Waals surface area contributed by atoms with Gasteiger partial charge < -0.3 is 9.84 Å². The van der Waals surface area contributed by atoms with Crippen LogP contribution in [0.15, 0.2) is 0 Å². The Morgan fingerprint density at radius 2 is 0.968 bits per heavy atom. The van der Waals surface area contributed by atoms with Crippen LogP contribution >= 0.6 is 0 Å². The Morgan fingerprint density at radius 3 is 1.42 bits per heavy atom. The maximum atomic E-state index is 12.3. The van der Waals surface area contributed by atoms with Gasteiger partial charge in [0.25, 0.3) is 0 Å². The van der Waals surface area contributed by atoms with E-state index in [1.54, 1.807) is 0 Å². The summed E-state index contributed by atoms with van der Waals surface area (Å²) in [5.41, 5.74) is 0. The molecule has 0 aliphatic heterocycles. The molecule has 0 saturated heterocycles. The summed E-state index contributed by atoms with van der Waals surface area (Å²) >= 11 is 0. The van der Waals surface area contributed by atoms with Crippen LogP contribution in [-0.2, 0) is 14.3 Å². The van der Waals surface area contributed by atoms with Crippen molar-refractivity contribution >= 4 is 11.9 Å². The lowest BCUT2D eigenvalue weighted by Crippen LogP contribution is -2.18. The van der Waals surface area contributed by atoms with Crippen molar-refractivity contribution in [1.29, 1.82) is 0 Å². The largest absolute Gasteiger partial charge is 0.481 e. The summed E-state index contributed by atoms with van der Waals surface area (Å²) in [5.74, 6) is -0.733. The zero-order chi connectivity index (χ0) is 23.0. The average Bonchev–Trinajstić information content (AvgIpc) is 2.74. The van der Waals surface area contributed by atoms with E-state index >= 15 is 0 Å². The van der Waals surface area contributed by atoms with E-state index in [4.69, 9.17) is 9.84 Å². The Morgan fingerprint density at radius 1 is 0.581 bits per heavy atom. The Labute approximate surface area is 192 Å². The van der Waals surface area contributed by atoms with E-state index in [-0.39, 0.29) is 18.5 Å². The smallest absolute Gasteiger partial charge is 0.306 e. The van der Waals surface area contributed by atoms with Crippen molar-refractivity contribution in [3.8, 4) is 0 Å². The first-order valence-electron chi connectivity index (χ1n) is 13.5. The van der Waals surface area contributed by atoms with Crippen LogP contribution < -0.4 is 0 Å². The zero-order valence-electron chi connectivity index (χ0n) is 20.8. The number of unbranched alkanes of at least 4 members (excludes halogenated alkanes) is 15. The molecule has 0 aromatic carbocycles. The Hall–Kier alpha value is -1.06. The molecule has 4 nitrogen and oxygen atoms in total. The summed E-state index contributed by atoms with van der Waals surface area (Å²) in [7, 11) is 0. The fraction of sp³-hybridized carbons (Fsp3) is 0.926. The van der Waals surface area contributed by atoms with Gasteiger partial charge in [-0.15, -0.1) is 0 Å². The number of esters is 1. The third kappa shape index (κ3) is 23.4. The maximum Gasteiger partial charge on any atom is 0.306 e. The van der Waals surface area contributed by atoms with Crippen molar-refractivity contribution in [2.75, 3.05) is 0 Å². The van der Waals surface area contributed by atoms with Crippen LogP contribution in [0.25, 0.3) is 0 Å². The number of rotatable bonds is 24. The van der Waals surface area contributed by atoms with Crippen LogP contribution in [0.1, 0.15) is 155 Å². The first-order valence-corrected chi connectivity index (χ1v) is 13.5. The van der Waals surface area contributed by atoms with Gasteiger partial charge in [-0.2, -0.15) is 0 Å². The van der Waals surface area contributed by atoms with Gasteiger partial charge in [-0.3, -0.25) is 9.59 Å². The molecule has 0 saturated carbocycles. The van der Waals surface area contributed by atoms with E-state index < -0.39 is 5.97 Å². The number of carbonyl (C=O) groups excluding carboxylic acids is 1. The topological polar surface area (TPSA) is 63.6 Å². The van der Waals surface area contributed by atoms with Gasteiger partial charge in [0, 0.05) is 12.8 Å². The lowest BCUT2D eigenvalue weighted by molar-refractivity contribution is -0.150. The van der Waals surface area contributed by atoms with Crippen LogP contribution in [-0.4, -0.2) is 23.1 Å². The highest BCUT2D eigenvalue weighted by Crippen LogP contribution is 2.18. The Balaban J connectivity index is 4.01. The molecule has 0 heterocycles. The molecule has 31 heavy (non-hydrogen) atoms. The minimum Gasteiger partial charge on any atom is -0.481 e. The molecule has 1 atom stereocenters. The molecule has 4 heteroatoms. The fourth-order valence-electron chi connectivity index (χ4n) is 4.06. The number of carboxylic acid groups (broad SMARTS) is 1. The Kier molecular flexibility index (Phi) is 22.8. The second kappa shape index (κ2) is 23.6. The molecule has 0 amide bonds. The van der Waals surface area contributed by atoms with Crippen molar-refractivity contribution in [1.82, 2.24) is 0 Å². The SMILES string of the molecule is CCCCCCCCCCC(=O)OC(CCCCCCCC)CCCCCCC(=O)O. The van der Waals surface area contributed by atoms with Gasteiger partial charge in [-0.05, 0) is 38.5 Å². The standard InChI is InChI=1S/C27H52O4/c1-3-5-7-9-11-12-14-20-24-27(30)31-25(21-17-13-10-8-6-4-2)22-18-15-16-19-23-26(28)29/h25H,3-24H2,1-2H3,(H,28,29). The highest BCUT2D eigenvalue weighted by Gasteiger charge is 2.14. The molecule has 184 valence electrons. The van der Waals surface area contributed by atoms with Crippen LogP contribution in [0.4, 0.5) is 0 Å². The first kappa shape index (κ1) is 29.9. The van der Waals surface area contributed by atoms with Gasteiger partial charge in [-0.25, -0.2) is 0 Å². The van der Waals surface area contributed by atoms with E-state index in [0.29, 0.717) is 6.42 Å². The predicted octanol–water partition coefficient (Wildman–Crippen LogP) is 8.60. The van der Waals surface area contributed by atoms with E-state index in [1.807, 2.05) is 0 Å². The molecule has 0 radical (unpaired) electrons. The van der Waals surface area contributed by atoms with Gasteiger partial charge in [0.2, 0.25) is 0 Å². The van der Waals surface area contributed by atoms with Crippen LogP contribution in [0.2, 0.25) is 0 Å². The van der Waals surface area contributed by atoms with Crippen molar-refractivity contribution in [2.24, 2.45) is 0 Å². The number of hydrogen-bond donors (Lipinski definition) is 1. The number of hydrogen-bond acceptors (Lipinski definition) is 3. The van der Waals surface area contributed by atoms with Gasteiger partial charge in [0.15, 0.2) is 0 Å². The molecular weight excluding hydrogens is 388 g/mol. The number of carboxylic acids is 1. The van der Waals surface area contributed by atoms with Crippen LogP contribution in [0.3, 0.4) is 0 Å². The molecule has 0 spiro atoms. The monoisotopic (exact) mass is 440 g/mol. The van der Waals surface area contributed by atoms with Gasteiger partial charge in [0.05, 0.1) is 0 Å². The highest BCUT2D eigenvalue weighted by molar-refractivity contribution is 5.69. The third-order valence-electron chi connectivity index (χ3n) is 6.08. The van der Waals surface area contributed by atoms with Gasteiger partial charge in [-0.1, -0.05) is 104 Å². The summed E-state index contributed by atoms with van der Waals surface area (Å²) in [4.78, 5) is 22.9. The normalized spacial score (nSPS) is 12.1. The summed E-state index contributed by atoms with van der Waals surface area (Å²) in [6.45, 7) is 4.48. The van der Waals surface area contributed by atoms with Crippen molar-refractivity contribution in [3.63, 3.8) is 0 Å². The number of aliphatic carboxylic acids is 1. The van der Waals surface area contributed by atoms with E-state index in [2.05, 4.69) is 13.8 Å². The zero-order valence-corrected chi connectivity index (χ0v) is 20.8. The quantitative estimate of drug-likeness (QED) is 0.120. The first-order chi connectivity index (χ1) is 15.1. The van der Waals surface area contributed by atoms with Crippen LogP contribution in [0, 0.1) is 0 Å². The molecule has 0 aromatic rings. The molecule has 0 aliphatic rings. The molecule has 1 unspecified atom stereocenters. The molecule has 0 bridgehead atoms. The summed E-state index contributed by atoms with van der Waals surface area (Å²) < 4.78 is 5.85. The summed E-state index contributed by atoms with van der Waals surface area (Å²) in [6.07, 6.45) is 23.9. The minimum atomic E-state index is -0.712. The van der Waals surface area contributed by atoms with Crippen molar-refractivity contribution in [2.45, 2.75) is 161 Å². The molecular formula is C27H52O4. The maximum absolute atomic E-state index is 12.3. The second-order valence-corrected chi connectivity index (χ2v) is 9.24. The van der Waals surface area contributed by atoms with Crippen molar-refractivity contribution < 1.29 is 19.4 Å². The molecule has 0 aliphatic carbocycles. The lowest BCUT2D eigenvalue weighted by Gasteiger charge is -2.18. The minimum absolute atomic E-state index is 0.0205. The number of carbonyl (C=O) groups is 2. The Bertz CT molecular complexity index is 408. The molecule has 0 fully saturated rings. The third-order valence-corrected chi connectivity index (χ3v) is 6.08. The predicted molar refractivity (Wildman–Crippen MR) is 130 cm³/mol.